The van der Waals surface area contributed by atoms with Gasteiger partial charge in [-0.05, 0) is 0 Å². The first kappa shape index (κ1) is 1780. The molecule has 0 spiro atoms. The second-order valence-electron chi connectivity index (χ2n) is 0. The van der Waals surface area contributed by atoms with Gasteiger partial charge in [-0.2, -0.15) is 0 Å². The van der Waals surface area contributed by atoms with Gasteiger partial charge >= 0.3 is 0 Å². The first-order valence-electron chi connectivity index (χ1n) is 0. The van der Waals surface area contributed by atoms with Gasteiger partial charge in [0.15, 0.2) is 0 Å². The summed E-state index contributed by atoms with van der Waals surface area (Å²) < 4.78 is 0. The molecular weight excluding hydrogens is 340 g/mol. The average molecular weight is 358 g/mol. The van der Waals surface area contributed by atoms with Gasteiger partial charge in [0.1, 0.15) is 0 Å². The van der Waals surface area contributed by atoms with Gasteiger partial charge in [-0.25, -0.2) is 0 Å². The van der Waals surface area contributed by atoms with Crippen LogP contribution in [0.4, 0.5) is 0 Å². The second-order valence-corrected chi connectivity index (χ2v) is 0. The topological polar surface area (TPSA) is 284 Å². The van der Waals surface area contributed by atoms with E-state index in [9.17, 15) is 0 Å². The van der Waals surface area contributed by atoms with E-state index >= 15 is 0 Å². The summed E-state index contributed by atoms with van der Waals surface area (Å²) in [6.45, 7) is 0. The van der Waals surface area contributed by atoms with Crippen LogP contribution < -0.4 is 0 Å². The van der Waals surface area contributed by atoms with E-state index in [0.717, 1.165) is 0 Å². The summed E-state index contributed by atoms with van der Waals surface area (Å²) in [6, 6.07) is 0. The largest absolute Gasteiger partial charge is 0.412 e. The molecule has 0 bridgehead atoms. The zero-order valence-electron chi connectivity index (χ0n) is 6.71. The van der Waals surface area contributed by atoms with Crippen LogP contribution in [0.1, 0.15) is 0 Å². The van der Waals surface area contributed by atoms with Crippen molar-refractivity contribution in [1.29, 1.82) is 0 Å². The van der Waals surface area contributed by atoms with Crippen molar-refractivity contribution in [2.45, 2.75) is 0 Å². The van der Waals surface area contributed by atoms with Crippen LogP contribution in [0.2, 0.25) is 0 Å². The maximum atomic E-state index is 0. The zero-order valence-corrected chi connectivity index (χ0v) is 11.9. The molecule has 0 amide bonds. The van der Waals surface area contributed by atoms with Crippen LogP contribution in [0.5, 0.6) is 0 Å². The fourth-order valence-corrected chi connectivity index (χ4v) is 0. The van der Waals surface area contributed by atoms with Crippen molar-refractivity contribution >= 4 is 32.9 Å². The third-order valence-corrected chi connectivity index (χ3v) is 0. The summed E-state index contributed by atoms with van der Waals surface area (Å²) in [5, 5.41) is 0. The standard InChI is InChI=1S/2Fe.9H2O.3Si/h;;9*1H2;;;. The molecule has 0 aliphatic carbocycles. The fraction of sp³-hybridized carbons (Fsp3) is 0. The molecule has 0 aliphatic rings. The van der Waals surface area contributed by atoms with Crippen molar-refractivity contribution in [2.75, 3.05) is 0 Å². The summed E-state index contributed by atoms with van der Waals surface area (Å²) in [4.78, 5) is 0. The molecule has 0 unspecified atom stereocenters. The van der Waals surface area contributed by atoms with Crippen molar-refractivity contribution < 1.29 is 83.4 Å². The van der Waals surface area contributed by atoms with Crippen molar-refractivity contribution in [3.05, 3.63) is 0 Å². The van der Waals surface area contributed by atoms with Crippen LogP contribution in [0.25, 0.3) is 0 Å². The Morgan fingerprint density at radius 2 is 0.214 bits per heavy atom. The van der Waals surface area contributed by atoms with E-state index in [2.05, 4.69) is 0 Å². The quantitative estimate of drug-likeness (QED) is 0.364. The van der Waals surface area contributed by atoms with Gasteiger partial charge < -0.3 is 49.3 Å². The molecule has 0 saturated heterocycles. The average Bonchev–Trinajstić information content (AvgIpc) is 0. The van der Waals surface area contributed by atoms with E-state index in [1.165, 1.54) is 0 Å². The second kappa shape index (κ2) is 1440. The Labute approximate surface area is 116 Å². The molecule has 0 saturated carbocycles. The van der Waals surface area contributed by atoms with Crippen LogP contribution >= 0.6 is 0 Å². The Hall–Kier alpha value is 1.33. The van der Waals surface area contributed by atoms with Crippen LogP contribution in [0.15, 0.2) is 0 Å². The van der Waals surface area contributed by atoms with Crippen LogP contribution in [-0.4, -0.2) is 82.2 Å². The van der Waals surface area contributed by atoms with Crippen LogP contribution in [0, 0.1) is 0 Å². The summed E-state index contributed by atoms with van der Waals surface area (Å²) >= 11 is 0. The summed E-state index contributed by atoms with van der Waals surface area (Å²) in [5.74, 6) is 0. The van der Waals surface area contributed by atoms with Gasteiger partial charge in [-0.1, -0.05) is 0 Å². The molecule has 0 aromatic heterocycles. The van der Waals surface area contributed by atoms with Gasteiger partial charge in [0.2, 0.25) is 0 Å². The molecule has 14 heavy (non-hydrogen) atoms. The minimum absolute atomic E-state index is 0. The van der Waals surface area contributed by atoms with E-state index in [-0.39, 0.29) is 116 Å². The number of rotatable bonds is 0. The minimum atomic E-state index is 0. The van der Waals surface area contributed by atoms with Gasteiger partial charge in [0.25, 0.3) is 0 Å². The molecular formula is H18Fe2O9Si3. The van der Waals surface area contributed by atoms with E-state index in [1.807, 2.05) is 0 Å². The third-order valence-electron chi connectivity index (χ3n) is 0. The maximum absolute atomic E-state index is 0. The predicted octanol–water partition coefficient (Wildman–Crippen LogP) is -8.57. The van der Waals surface area contributed by atoms with Crippen molar-refractivity contribution in [2.24, 2.45) is 0 Å². The van der Waals surface area contributed by atoms with Crippen LogP contribution in [-0.2, 0) is 34.1 Å². The van der Waals surface area contributed by atoms with Crippen molar-refractivity contribution in [3.8, 4) is 0 Å². The van der Waals surface area contributed by atoms with Crippen molar-refractivity contribution in [1.82, 2.24) is 0 Å². The molecule has 9 nitrogen and oxygen atoms in total. The SMILES string of the molecule is O.O.O.O.O.O.O.O.O.[Fe].[Fe].[Si].[Si].[Si]. The summed E-state index contributed by atoms with van der Waals surface area (Å²) in [7, 11) is 0. The van der Waals surface area contributed by atoms with Crippen molar-refractivity contribution in [3.63, 3.8) is 0 Å². The fourth-order valence-electron chi connectivity index (χ4n) is 0. The predicted molar refractivity (Wildman–Crippen MR) is 49.8 cm³/mol. The monoisotopic (exact) mass is 358 g/mol. The molecule has 0 aromatic rings. The van der Waals surface area contributed by atoms with E-state index in [0.29, 0.717) is 0 Å². The van der Waals surface area contributed by atoms with Gasteiger partial charge in [0, 0.05) is 67.0 Å². The Morgan fingerprint density at radius 3 is 0.214 bits per heavy atom. The van der Waals surface area contributed by atoms with E-state index in [4.69, 9.17) is 0 Å². The maximum Gasteiger partial charge on any atom is 0 e. The van der Waals surface area contributed by atoms with Gasteiger partial charge in [0.05, 0.1) is 0 Å². The number of hydrogen-bond donors (Lipinski definition) is 0. The molecule has 12 radical (unpaired) electrons. The molecule has 0 fully saturated rings. The summed E-state index contributed by atoms with van der Waals surface area (Å²) in [5.41, 5.74) is 0. The Balaban J connectivity index is 0. The minimum Gasteiger partial charge on any atom is -0.412 e. The zero-order chi connectivity index (χ0) is 0. The molecule has 0 heterocycles. The normalized spacial score (nSPS) is 0. The summed E-state index contributed by atoms with van der Waals surface area (Å²) in [6.07, 6.45) is 0. The van der Waals surface area contributed by atoms with Gasteiger partial charge in [-0.15, -0.1) is 0 Å². The molecule has 0 aromatic carbocycles. The van der Waals surface area contributed by atoms with Crippen LogP contribution in [0.3, 0.4) is 0 Å². The first-order chi connectivity index (χ1) is 0. The Bertz CT molecular complexity index is 18.0. The van der Waals surface area contributed by atoms with Gasteiger partial charge in [-0.3, -0.25) is 0 Å². The molecule has 18 N–H and O–H groups in total. The Kier molecular flexibility index (Phi) is 183000. The molecule has 0 aliphatic heterocycles. The first-order valence-corrected chi connectivity index (χ1v) is 0. The molecule has 0 atom stereocenters. The molecule has 0 rings (SSSR count). The molecule has 14 heteroatoms. The van der Waals surface area contributed by atoms with E-state index < -0.39 is 0 Å². The Morgan fingerprint density at radius 1 is 0.214 bits per heavy atom. The third kappa shape index (κ3) is 1150. The number of hydrogen-bond acceptors (Lipinski definition) is 0. The molecule has 100 valence electrons. The van der Waals surface area contributed by atoms with E-state index in [1.54, 1.807) is 0 Å². The smallest absolute Gasteiger partial charge is 0 e.